The van der Waals surface area contributed by atoms with Gasteiger partial charge >= 0.3 is 0 Å². The van der Waals surface area contributed by atoms with Crippen molar-refractivity contribution in [3.63, 3.8) is 0 Å². The molecule has 0 radical (unpaired) electrons. The summed E-state index contributed by atoms with van der Waals surface area (Å²) in [6.45, 7) is 12.8. The van der Waals surface area contributed by atoms with E-state index in [-0.39, 0.29) is 75.9 Å². The topological polar surface area (TPSA) is 191 Å². The normalized spacial score (nSPS) is 46.3. The fraction of sp³-hybridized carbons (Fsp3) is 1.00. The molecule has 0 aromatic carbocycles. The standard InChI is InChI=1S/C30H52O16P2/c1-17(2)38-14-28-11-36-9-23(20(6)42-28)26(28)45-48(33,34)40-16-30-13-37-10-24(21(7)44-30)27(30)46-47(31,32)39-15-29-12-35-8-22(19(5)43-29)25(29)41-18(3)4/h17-27H,8-16H2,1-7H3,(H,31,32)(H,33,34)/p-2/t19?,20?,21?,22-,23-,24-,25-,26-,27-,28?,29?,30?/m1/s1. The van der Waals surface area contributed by atoms with E-state index in [0.29, 0.717) is 6.61 Å². The summed E-state index contributed by atoms with van der Waals surface area (Å²) in [5.74, 6) is -1.03. The van der Waals surface area contributed by atoms with Crippen molar-refractivity contribution in [3.8, 4) is 0 Å². The molecule has 6 aliphatic rings. The van der Waals surface area contributed by atoms with Crippen LogP contribution in [0.15, 0.2) is 0 Å². The van der Waals surface area contributed by atoms with Gasteiger partial charge in [0.25, 0.3) is 15.6 Å². The smallest absolute Gasteiger partial charge is 0.268 e. The lowest BCUT2D eigenvalue weighted by Crippen LogP contribution is -2.56. The van der Waals surface area contributed by atoms with E-state index in [2.05, 4.69) is 0 Å². The Bertz CT molecular complexity index is 1240. The Morgan fingerprint density at radius 2 is 1.00 bits per heavy atom. The Morgan fingerprint density at radius 3 is 1.40 bits per heavy atom. The predicted octanol–water partition coefficient (Wildman–Crippen LogP) is 1.36. The Balaban J connectivity index is 1.13. The second-order valence-electron chi connectivity index (χ2n) is 14.7. The summed E-state index contributed by atoms with van der Waals surface area (Å²) in [6, 6.07) is 0. The van der Waals surface area contributed by atoms with Crippen LogP contribution in [-0.2, 0) is 65.1 Å². The quantitative estimate of drug-likeness (QED) is 0.219. The monoisotopic (exact) mass is 728 g/mol. The van der Waals surface area contributed by atoms with Crippen molar-refractivity contribution in [1.82, 2.24) is 0 Å². The number of ether oxygens (including phenoxy) is 8. The van der Waals surface area contributed by atoms with Crippen LogP contribution in [0.1, 0.15) is 48.5 Å². The van der Waals surface area contributed by atoms with Crippen molar-refractivity contribution in [3.05, 3.63) is 0 Å². The van der Waals surface area contributed by atoms with Crippen molar-refractivity contribution in [2.24, 2.45) is 17.8 Å². The number of phosphoric acid groups is 2. The van der Waals surface area contributed by atoms with Crippen molar-refractivity contribution in [2.75, 3.05) is 59.5 Å². The molecule has 18 heteroatoms. The summed E-state index contributed by atoms with van der Waals surface area (Å²) in [4.78, 5) is 26.8. The van der Waals surface area contributed by atoms with Crippen molar-refractivity contribution in [2.45, 2.75) is 114 Å². The number of fused-ring (bicyclic) bond motifs is 6. The van der Waals surface area contributed by atoms with Crippen LogP contribution in [0.4, 0.5) is 0 Å². The second-order valence-corrected chi connectivity index (χ2v) is 17.4. The van der Waals surface area contributed by atoms with Gasteiger partial charge in [0, 0.05) is 17.8 Å². The minimum Gasteiger partial charge on any atom is -0.756 e. The largest absolute Gasteiger partial charge is 0.756 e. The summed E-state index contributed by atoms with van der Waals surface area (Å²) >= 11 is 0. The highest BCUT2D eigenvalue weighted by Gasteiger charge is 2.62. The molecular weight excluding hydrogens is 678 g/mol. The molecule has 48 heavy (non-hydrogen) atoms. The van der Waals surface area contributed by atoms with Gasteiger partial charge in [0.15, 0.2) is 0 Å². The first-order valence-corrected chi connectivity index (χ1v) is 19.7. The molecule has 0 spiro atoms. The molecule has 8 unspecified atom stereocenters. The third kappa shape index (κ3) is 7.39. The first-order chi connectivity index (χ1) is 22.5. The second kappa shape index (κ2) is 14.0. The van der Waals surface area contributed by atoms with Gasteiger partial charge in [-0.3, -0.25) is 9.13 Å². The number of hydrogen-bond donors (Lipinski definition) is 0. The van der Waals surface area contributed by atoms with E-state index in [0.717, 1.165) is 0 Å². The lowest BCUT2D eigenvalue weighted by atomic mass is 9.87. The SMILES string of the molecule is CC(C)OCC12COC[C@H](C(C)O1)[C@H]2OP(=O)([O-])OCC12COC[C@H](C(C)O1)[C@H]2OP(=O)([O-])OCC12COC[C@H](C(C)O1)[C@H]2OC(C)C. The predicted molar refractivity (Wildman–Crippen MR) is 161 cm³/mol. The van der Waals surface area contributed by atoms with Gasteiger partial charge in [-0.15, -0.1) is 0 Å². The highest BCUT2D eigenvalue weighted by atomic mass is 31.2. The van der Waals surface area contributed by atoms with Gasteiger partial charge in [0.1, 0.15) is 29.0 Å². The molecule has 278 valence electrons. The Morgan fingerprint density at radius 1 is 0.625 bits per heavy atom. The maximum Gasteiger partial charge on any atom is 0.268 e. The summed E-state index contributed by atoms with van der Waals surface area (Å²) in [5.41, 5.74) is -3.89. The Hall–Kier alpha value is -0.100. The van der Waals surface area contributed by atoms with Gasteiger partial charge in [-0.25, -0.2) is 0 Å². The zero-order valence-corrected chi connectivity index (χ0v) is 30.4. The van der Waals surface area contributed by atoms with Crippen molar-refractivity contribution >= 4 is 15.6 Å². The van der Waals surface area contributed by atoms with Crippen molar-refractivity contribution < 1.29 is 74.9 Å². The molecule has 6 saturated heterocycles. The van der Waals surface area contributed by atoms with Crippen LogP contribution < -0.4 is 9.79 Å². The molecule has 6 rings (SSSR count). The lowest BCUT2D eigenvalue weighted by Gasteiger charge is -2.44. The molecule has 0 aliphatic carbocycles. The van der Waals surface area contributed by atoms with Crippen LogP contribution in [0.2, 0.25) is 0 Å². The third-order valence-electron chi connectivity index (χ3n) is 10.3. The third-order valence-corrected chi connectivity index (χ3v) is 12.1. The van der Waals surface area contributed by atoms with Crippen LogP contribution in [0.5, 0.6) is 0 Å². The van der Waals surface area contributed by atoms with E-state index >= 15 is 0 Å². The van der Waals surface area contributed by atoms with Gasteiger partial charge in [-0.05, 0) is 48.5 Å². The molecule has 0 aromatic heterocycles. The van der Waals surface area contributed by atoms with Crippen LogP contribution >= 0.6 is 15.6 Å². The molecule has 6 bridgehead atoms. The highest BCUT2D eigenvalue weighted by Crippen LogP contribution is 2.55. The lowest BCUT2D eigenvalue weighted by molar-refractivity contribution is -0.259. The molecule has 0 N–H and O–H groups in total. The van der Waals surface area contributed by atoms with Crippen LogP contribution in [-0.4, -0.2) is 125 Å². The molecule has 16 nitrogen and oxygen atoms in total. The molecule has 14 atom stereocenters. The van der Waals surface area contributed by atoms with E-state index in [4.69, 9.17) is 56.0 Å². The van der Waals surface area contributed by atoms with Gasteiger partial charge in [0.05, 0.1) is 96.1 Å². The van der Waals surface area contributed by atoms with Gasteiger partial charge in [0.2, 0.25) is 0 Å². The van der Waals surface area contributed by atoms with E-state index in [9.17, 15) is 18.9 Å². The van der Waals surface area contributed by atoms with E-state index in [1.54, 1.807) is 6.92 Å². The highest BCUT2D eigenvalue weighted by molar-refractivity contribution is 7.46. The van der Waals surface area contributed by atoms with E-state index in [1.807, 2.05) is 41.5 Å². The summed E-state index contributed by atoms with van der Waals surface area (Å²) in [6.07, 6.45) is -3.92. The molecule has 6 heterocycles. The van der Waals surface area contributed by atoms with Crippen LogP contribution in [0.3, 0.4) is 0 Å². The zero-order chi connectivity index (χ0) is 34.7. The number of phosphoric ester groups is 2. The first-order valence-electron chi connectivity index (χ1n) is 16.8. The Labute approximate surface area is 281 Å². The molecule has 6 fully saturated rings. The van der Waals surface area contributed by atoms with Gasteiger partial charge < -0.3 is 65.8 Å². The maximum atomic E-state index is 13.4. The zero-order valence-electron chi connectivity index (χ0n) is 28.6. The maximum absolute atomic E-state index is 13.4. The van der Waals surface area contributed by atoms with E-state index in [1.165, 1.54) is 0 Å². The fourth-order valence-electron chi connectivity index (χ4n) is 7.97. The number of hydrogen-bond acceptors (Lipinski definition) is 16. The van der Waals surface area contributed by atoms with Crippen LogP contribution in [0.25, 0.3) is 0 Å². The van der Waals surface area contributed by atoms with E-state index < -0.39 is 76.0 Å². The summed E-state index contributed by atoms with van der Waals surface area (Å²) in [7, 11) is -10.1. The summed E-state index contributed by atoms with van der Waals surface area (Å²) in [5, 5.41) is 0. The minimum atomic E-state index is -5.04. The van der Waals surface area contributed by atoms with Gasteiger partial charge in [-0.1, -0.05) is 0 Å². The fourth-order valence-corrected chi connectivity index (χ4v) is 10.1. The first kappa shape index (κ1) is 37.7. The molecule has 0 saturated carbocycles. The van der Waals surface area contributed by atoms with Crippen molar-refractivity contribution in [1.29, 1.82) is 0 Å². The Kier molecular flexibility index (Phi) is 11.0. The van der Waals surface area contributed by atoms with Crippen LogP contribution in [0, 0.1) is 17.8 Å². The average Bonchev–Trinajstić information content (AvgIpc) is 3.28. The molecule has 6 aliphatic heterocycles. The molecule has 0 amide bonds. The van der Waals surface area contributed by atoms with Gasteiger partial charge in [-0.2, -0.15) is 0 Å². The number of rotatable bonds is 15. The average molecular weight is 729 g/mol. The molecule has 0 aromatic rings. The summed E-state index contributed by atoms with van der Waals surface area (Å²) < 4.78 is 96.8. The molecular formula is C30H50O16P2-2. The minimum absolute atomic E-state index is 0.0628.